The van der Waals surface area contributed by atoms with Crippen LogP contribution in [-0.2, 0) is 11.2 Å². The van der Waals surface area contributed by atoms with Gasteiger partial charge in [0.05, 0.1) is 18.5 Å². The van der Waals surface area contributed by atoms with Crippen LogP contribution in [0.5, 0.6) is 23.0 Å². The average Bonchev–Trinajstić information content (AvgIpc) is 2.81. The van der Waals surface area contributed by atoms with Crippen molar-refractivity contribution in [3.8, 4) is 23.0 Å². The third kappa shape index (κ3) is 5.04. The number of aliphatic imine (C=N–C) groups is 1. The number of carbonyl (C=O) groups excluding carboxylic acids is 1. The van der Waals surface area contributed by atoms with Gasteiger partial charge in [0.15, 0.2) is 17.3 Å². The van der Waals surface area contributed by atoms with Gasteiger partial charge in [0, 0.05) is 17.7 Å². The zero-order valence-corrected chi connectivity index (χ0v) is 17.8. The van der Waals surface area contributed by atoms with Crippen LogP contribution in [0.25, 0.3) is 0 Å². The van der Waals surface area contributed by atoms with Crippen molar-refractivity contribution in [3.63, 3.8) is 0 Å². The van der Waals surface area contributed by atoms with Crippen molar-refractivity contribution in [2.75, 3.05) is 12.4 Å². The Morgan fingerprint density at radius 1 is 0.879 bits per heavy atom. The number of ketones is 1. The van der Waals surface area contributed by atoms with Gasteiger partial charge in [-0.25, -0.2) is 4.99 Å². The molecule has 3 aromatic carbocycles. The van der Waals surface area contributed by atoms with Gasteiger partial charge in [-0.1, -0.05) is 12.1 Å². The minimum Gasteiger partial charge on any atom is -0.508 e. The van der Waals surface area contributed by atoms with Gasteiger partial charge in [-0.05, 0) is 72.3 Å². The first-order valence-electron chi connectivity index (χ1n) is 10.2. The maximum absolute atomic E-state index is 11.5. The number of nitrogens with zero attached hydrogens (tertiary/aromatic N) is 1. The molecule has 166 valence electrons. The molecule has 1 aliphatic rings. The number of rotatable bonds is 6. The van der Waals surface area contributed by atoms with Crippen LogP contribution in [-0.4, -0.2) is 33.9 Å². The van der Waals surface area contributed by atoms with E-state index in [1.807, 2.05) is 0 Å². The Morgan fingerprint density at radius 3 is 2.09 bits per heavy atom. The molecule has 0 bridgehead atoms. The quantitative estimate of drug-likeness (QED) is 0.319. The van der Waals surface area contributed by atoms with Crippen LogP contribution in [0.2, 0.25) is 0 Å². The van der Waals surface area contributed by atoms with Crippen molar-refractivity contribution in [1.82, 2.24) is 0 Å². The van der Waals surface area contributed by atoms with E-state index in [-0.39, 0.29) is 28.8 Å². The Kier molecular flexibility index (Phi) is 6.13. The van der Waals surface area contributed by atoms with E-state index in [0.29, 0.717) is 34.8 Å². The number of phenols is 3. The fraction of sp³-hybridized carbons (Fsp3) is 0.0769. The molecule has 33 heavy (non-hydrogen) atoms. The smallest absolute Gasteiger partial charge is 0.188 e. The molecule has 4 N–H and O–H groups in total. The molecule has 4 rings (SSSR count). The van der Waals surface area contributed by atoms with Gasteiger partial charge >= 0.3 is 0 Å². The van der Waals surface area contributed by atoms with E-state index >= 15 is 0 Å². The van der Waals surface area contributed by atoms with E-state index in [1.54, 1.807) is 66.7 Å². The lowest BCUT2D eigenvalue weighted by molar-refractivity contribution is -0.110. The predicted molar refractivity (Wildman–Crippen MR) is 127 cm³/mol. The van der Waals surface area contributed by atoms with Crippen molar-refractivity contribution >= 4 is 28.6 Å². The van der Waals surface area contributed by atoms with Gasteiger partial charge in [0.2, 0.25) is 0 Å². The van der Waals surface area contributed by atoms with Gasteiger partial charge < -0.3 is 25.4 Å². The van der Waals surface area contributed by atoms with Crippen LogP contribution in [0.4, 0.5) is 17.1 Å². The third-order valence-corrected chi connectivity index (χ3v) is 5.07. The number of methoxy groups -OCH3 is 1. The Morgan fingerprint density at radius 2 is 1.48 bits per heavy atom. The predicted octanol–water partition coefficient (Wildman–Crippen LogP) is 4.91. The number of ether oxygens (including phenoxy) is 1. The highest BCUT2D eigenvalue weighted by Crippen LogP contribution is 2.46. The summed E-state index contributed by atoms with van der Waals surface area (Å²) in [6.07, 6.45) is 6.40. The van der Waals surface area contributed by atoms with Crippen LogP contribution in [0.15, 0.2) is 83.9 Å². The van der Waals surface area contributed by atoms with E-state index < -0.39 is 0 Å². The molecule has 0 atom stereocenters. The molecule has 3 aromatic rings. The Bertz CT molecular complexity index is 1260. The first kappa shape index (κ1) is 21.7. The SMILES string of the molecule is COc1c(O)c(Cc2ccc(O)cc2)cc(Nc2ccc(O)cc2)c1N=C1C=CC(=O)C=C1. The first-order chi connectivity index (χ1) is 15.9. The summed E-state index contributed by atoms with van der Waals surface area (Å²) in [5, 5.41) is 33.4. The van der Waals surface area contributed by atoms with Crippen molar-refractivity contribution in [3.05, 3.63) is 90.0 Å². The van der Waals surface area contributed by atoms with Crippen LogP contribution in [0, 0.1) is 0 Å². The number of carbonyl (C=O) groups is 1. The third-order valence-electron chi connectivity index (χ3n) is 5.07. The number of hydrogen-bond acceptors (Lipinski definition) is 7. The highest BCUT2D eigenvalue weighted by atomic mass is 16.5. The molecular formula is C26H22N2O5. The molecule has 7 heteroatoms. The molecule has 7 nitrogen and oxygen atoms in total. The maximum Gasteiger partial charge on any atom is 0.188 e. The van der Waals surface area contributed by atoms with E-state index in [4.69, 9.17) is 4.74 Å². The molecule has 1 aliphatic carbocycles. The summed E-state index contributed by atoms with van der Waals surface area (Å²) in [6.45, 7) is 0. The normalized spacial score (nSPS) is 12.6. The van der Waals surface area contributed by atoms with Crippen LogP contribution >= 0.6 is 0 Å². The molecule has 0 fully saturated rings. The molecule has 0 heterocycles. The van der Waals surface area contributed by atoms with E-state index in [2.05, 4.69) is 10.3 Å². The monoisotopic (exact) mass is 442 g/mol. The number of anilines is 2. The second-order valence-corrected chi connectivity index (χ2v) is 7.43. The maximum atomic E-state index is 11.5. The lowest BCUT2D eigenvalue weighted by Crippen LogP contribution is -2.01. The van der Waals surface area contributed by atoms with Crippen molar-refractivity contribution in [2.45, 2.75) is 6.42 Å². The number of benzene rings is 3. The fourth-order valence-corrected chi connectivity index (χ4v) is 3.41. The summed E-state index contributed by atoms with van der Waals surface area (Å²) in [5.41, 5.74) is 3.62. The van der Waals surface area contributed by atoms with Crippen molar-refractivity contribution in [2.24, 2.45) is 4.99 Å². The molecule has 0 radical (unpaired) electrons. The van der Waals surface area contributed by atoms with Gasteiger partial charge in [-0.2, -0.15) is 0 Å². The Balaban J connectivity index is 1.83. The number of aromatic hydroxyl groups is 3. The fourth-order valence-electron chi connectivity index (χ4n) is 3.41. The summed E-state index contributed by atoms with van der Waals surface area (Å²) >= 11 is 0. The van der Waals surface area contributed by atoms with Crippen molar-refractivity contribution in [1.29, 1.82) is 0 Å². The van der Waals surface area contributed by atoms with Crippen molar-refractivity contribution < 1.29 is 24.9 Å². The lowest BCUT2D eigenvalue weighted by Gasteiger charge is -2.18. The van der Waals surface area contributed by atoms with Gasteiger partial charge in [0.1, 0.15) is 17.2 Å². The second-order valence-electron chi connectivity index (χ2n) is 7.43. The molecule has 0 amide bonds. The zero-order chi connectivity index (χ0) is 23.4. The van der Waals surface area contributed by atoms with Crippen LogP contribution in [0.3, 0.4) is 0 Å². The molecule has 0 saturated carbocycles. The summed E-state index contributed by atoms with van der Waals surface area (Å²) < 4.78 is 5.54. The molecule has 0 saturated heterocycles. The standard InChI is InChI=1S/C26H22N2O5/c1-33-26-24(28-19-6-12-22(31)13-7-19)23(27-18-4-10-21(30)11-5-18)15-17(25(26)32)14-16-2-8-20(29)9-3-16/h2-13,15,27,29-30,32H,14H2,1H3. The molecule has 0 unspecified atom stereocenters. The van der Waals surface area contributed by atoms with Crippen LogP contribution in [0.1, 0.15) is 11.1 Å². The number of nitrogens with one attached hydrogen (secondary N) is 1. The van der Waals surface area contributed by atoms with E-state index in [1.165, 1.54) is 19.3 Å². The second kappa shape index (κ2) is 9.32. The van der Waals surface area contributed by atoms with E-state index in [9.17, 15) is 20.1 Å². The highest BCUT2D eigenvalue weighted by molar-refractivity contribution is 6.17. The summed E-state index contributed by atoms with van der Waals surface area (Å²) in [7, 11) is 1.45. The Hall–Kier alpha value is -4.52. The van der Waals surface area contributed by atoms with Crippen LogP contribution < -0.4 is 10.1 Å². The summed E-state index contributed by atoms with van der Waals surface area (Å²) in [6, 6.07) is 15.0. The summed E-state index contributed by atoms with van der Waals surface area (Å²) in [4.78, 5) is 16.1. The van der Waals surface area contributed by atoms with E-state index in [0.717, 1.165) is 5.56 Å². The molecular weight excluding hydrogens is 420 g/mol. The lowest BCUT2D eigenvalue weighted by atomic mass is 10.0. The number of allylic oxidation sites excluding steroid dienone is 4. The van der Waals surface area contributed by atoms with Gasteiger partial charge in [0.25, 0.3) is 0 Å². The molecule has 0 aliphatic heterocycles. The molecule has 0 spiro atoms. The number of hydrogen-bond donors (Lipinski definition) is 4. The van der Waals surface area contributed by atoms with Gasteiger partial charge in [-0.3, -0.25) is 4.79 Å². The zero-order valence-electron chi connectivity index (χ0n) is 17.8. The average molecular weight is 442 g/mol. The Labute approximate surface area is 190 Å². The topological polar surface area (TPSA) is 111 Å². The minimum absolute atomic E-state index is 0.0546. The molecule has 0 aromatic heterocycles. The minimum atomic E-state index is -0.129. The number of phenolic OH excluding ortho intramolecular Hbond substituents is 3. The first-order valence-corrected chi connectivity index (χ1v) is 10.2. The highest BCUT2D eigenvalue weighted by Gasteiger charge is 2.20. The largest absolute Gasteiger partial charge is 0.508 e. The summed E-state index contributed by atoms with van der Waals surface area (Å²) in [5.74, 6) is 0.295. The van der Waals surface area contributed by atoms with Gasteiger partial charge in [-0.15, -0.1) is 0 Å².